The molecule has 1 amide bonds. The monoisotopic (exact) mass is 368 g/mol. The van der Waals surface area contributed by atoms with Crippen molar-refractivity contribution in [2.75, 3.05) is 6.61 Å². The minimum absolute atomic E-state index is 0.0513. The Bertz CT molecular complexity index is 679. The van der Waals surface area contributed by atoms with Crippen LogP contribution in [0.5, 0.6) is 0 Å². The average Bonchev–Trinajstić information content (AvgIpc) is 2.56. The van der Waals surface area contributed by atoms with Gasteiger partial charge in [-0.2, -0.15) is 0 Å². The van der Waals surface area contributed by atoms with Gasteiger partial charge in [0, 0.05) is 17.1 Å². The lowest BCUT2D eigenvalue weighted by Gasteiger charge is -2.34. The smallest absolute Gasteiger partial charge is 0.345 e. The number of carbonyl (C=O) groups is 2. The Balaban J connectivity index is 1.95. The Labute approximate surface area is 150 Å². The summed E-state index contributed by atoms with van der Waals surface area (Å²) in [6, 6.07) is 3.65. The summed E-state index contributed by atoms with van der Waals surface area (Å²) in [5, 5.41) is 14.0. The largest absolute Gasteiger partial charge is 0.452 e. The Hall–Kier alpha value is -2.15. The van der Waals surface area contributed by atoms with E-state index >= 15 is 0 Å². The lowest BCUT2D eigenvalue weighted by Crippen LogP contribution is -2.45. The van der Waals surface area contributed by atoms with Crippen molar-refractivity contribution in [3.05, 3.63) is 38.9 Å². The molecule has 1 saturated carbocycles. The van der Waals surface area contributed by atoms with Crippen molar-refractivity contribution in [1.29, 1.82) is 0 Å². The summed E-state index contributed by atoms with van der Waals surface area (Å²) in [7, 11) is 0. The molecule has 1 aromatic rings. The summed E-state index contributed by atoms with van der Waals surface area (Å²) in [5.74, 6) is -0.489. The molecule has 1 aromatic carbocycles. The van der Waals surface area contributed by atoms with E-state index in [4.69, 9.17) is 16.3 Å². The van der Waals surface area contributed by atoms with Gasteiger partial charge in [-0.15, -0.1) is 0 Å². The van der Waals surface area contributed by atoms with Gasteiger partial charge in [0.15, 0.2) is 6.61 Å². The van der Waals surface area contributed by atoms with Crippen LogP contribution in [0.3, 0.4) is 0 Å². The third kappa shape index (κ3) is 4.92. The fraction of sp³-hybridized carbons (Fsp3) is 0.529. The van der Waals surface area contributed by atoms with Crippen LogP contribution in [0.2, 0.25) is 5.02 Å². The Morgan fingerprint density at radius 3 is 2.76 bits per heavy atom. The number of nitrogens with zero attached hydrogens (tertiary/aromatic N) is 1. The number of esters is 1. The lowest BCUT2D eigenvalue weighted by atomic mass is 9.78. The number of amides is 1. The number of ether oxygens (including phenoxy) is 1. The van der Waals surface area contributed by atoms with E-state index in [1.165, 1.54) is 6.07 Å². The number of nitro groups is 1. The van der Waals surface area contributed by atoms with Crippen LogP contribution in [0.25, 0.3) is 0 Å². The summed E-state index contributed by atoms with van der Waals surface area (Å²) in [4.78, 5) is 34.4. The summed E-state index contributed by atoms with van der Waals surface area (Å²) in [6.45, 7) is 3.76. The van der Waals surface area contributed by atoms with Gasteiger partial charge in [-0.3, -0.25) is 14.9 Å². The standard InChI is InChI=1S/C17H21ClN2O5/c1-10-4-3-5-14(11(10)2)19-16(21)9-25-17(22)13-8-12(18)6-7-15(13)20(23)24/h6-8,10-11,14H,3-5,9H2,1-2H3,(H,19,21)/t10-,11-,14+/m1/s1. The van der Waals surface area contributed by atoms with Crippen LogP contribution in [0, 0.1) is 22.0 Å². The first-order chi connectivity index (χ1) is 11.8. The third-order valence-corrected chi connectivity index (χ3v) is 5.00. The molecule has 0 unspecified atom stereocenters. The summed E-state index contributed by atoms with van der Waals surface area (Å²) in [5.41, 5.74) is -0.686. The average molecular weight is 369 g/mol. The zero-order chi connectivity index (χ0) is 18.6. The molecule has 0 bridgehead atoms. The van der Waals surface area contributed by atoms with Crippen LogP contribution in [-0.2, 0) is 9.53 Å². The van der Waals surface area contributed by atoms with Crippen LogP contribution >= 0.6 is 11.6 Å². The van der Waals surface area contributed by atoms with Crippen molar-refractivity contribution in [3.63, 3.8) is 0 Å². The molecule has 1 aliphatic rings. The molecule has 2 rings (SSSR count). The molecule has 1 aliphatic carbocycles. The molecule has 0 radical (unpaired) electrons. The summed E-state index contributed by atoms with van der Waals surface area (Å²) >= 11 is 5.78. The number of hydrogen-bond acceptors (Lipinski definition) is 5. The second kappa shape index (κ2) is 8.29. The molecular formula is C17H21ClN2O5. The van der Waals surface area contributed by atoms with Crippen LogP contribution in [0.4, 0.5) is 5.69 Å². The fourth-order valence-corrected chi connectivity index (χ4v) is 3.25. The van der Waals surface area contributed by atoms with Crippen molar-refractivity contribution in [3.8, 4) is 0 Å². The van der Waals surface area contributed by atoms with E-state index in [0.29, 0.717) is 11.8 Å². The van der Waals surface area contributed by atoms with Crippen molar-refractivity contribution < 1.29 is 19.2 Å². The molecule has 0 aromatic heterocycles. The SMILES string of the molecule is C[C@@H]1[C@H](C)CCC[C@@H]1NC(=O)COC(=O)c1cc(Cl)ccc1[N+](=O)[O-]. The molecule has 0 spiro atoms. The highest BCUT2D eigenvalue weighted by molar-refractivity contribution is 6.31. The highest BCUT2D eigenvalue weighted by atomic mass is 35.5. The number of nitrogens with one attached hydrogen (secondary N) is 1. The molecule has 3 atom stereocenters. The van der Waals surface area contributed by atoms with E-state index in [9.17, 15) is 19.7 Å². The topological polar surface area (TPSA) is 98.5 Å². The van der Waals surface area contributed by atoms with Crippen LogP contribution in [0.15, 0.2) is 18.2 Å². The third-order valence-electron chi connectivity index (χ3n) is 4.76. The van der Waals surface area contributed by atoms with E-state index in [2.05, 4.69) is 19.2 Å². The minimum Gasteiger partial charge on any atom is -0.452 e. The summed E-state index contributed by atoms with van der Waals surface area (Å²) < 4.78 is 4.93. The van der Waals surface area contributed by atoms with Gasteiger partial charge in [-0.25, -0.2) is 4.79 Å². The molecule has 136 valence electrons. The molecule has 0 saturated heterocycles. The first kappa shape index (κ1) is 19.2. The highest BCUT2D eigenvalue weighted by Crippen LogP contribution is 2.29. The van der Waals surface area contributed by atoms with E-state index < -0.39 is 29.1 Å². The van der Waals surface area contributed by atoms with Gasteiger partial charge >= 0.3 is 5.97 Å². The van der Waals surface area contributed by atoms with E-state index in [1.807, 2.05) is 0 Å². The first-order valence-corrected chi connectivity index (χ1v) is 8.57. The normalized spacial score (nSPS) is 22.9. The van der Waals surface area contributed by atoms with Crippen molar-refractivity contribution in [1.82, 2.24) is 5.32 Å². The highest BCUT2D eigenvalue weighted by Gasteiger charge is 2.28. The second-order valence-electron chi connectivity index (χ2n) is 6.44. The number of carbonyl (C=O) groups excluding carboxylic acids is 2. The van der Waals surface area contributed by atoms with Crippen LogP contribution in [0.1, 0.15) is 43.5 Å². The van der Waals surface area contributed by atoms with Gasteiger partial charge in [0.2, 0.25) is 0 Å². The molecule has 0 heterocycles. The fourth-order valence-electron chi connectivity index (χ4n) is 3.07. The molecule has 1 N–H and O–H groups in total. The zero-order valence-corrected chi connectivity index (χ0v) is 14.9. The molecule has 25 heavy (non-hydrogen) atoms. The summed E-state index contributed by atoms with van der Waals surface area (Å²) in [6.07, 6.45) is 3.08. The van der Waals surface area contributed by atoms with Crippen molar-refractivity contribution in [2.24, 2.45) is 11.8 Å². The van der Waals surface area contributed by atoms with Crippen molar-refractivity contribution >= 4 is 29.2 Å². The predicted molar refractivity (Wildman–Crippen MR) is 92.5 cm³/mol. The van der Waals surface area contributed by atoms with Gasteiger partial charge < -0.3 is 10.1 Å². The Morgan fingerprint density at radius 2 is 2.08 bits per heavy atom. The minimum atomic E-state index is -0.950. The van der Waals surface area contributed by atoms with Crippen LogP contribution < -0.4 is 5.32 Å². The number of nitro benzene ring substituents is 1. The first-order valence-electron chi connectivity index (χ1n) is 8.20. The molecular weight excluding hydrogens is 348 g/mol. The zero-order valence-electron chi connectivity index (χ0n) is 14.2. The van der Waals surface area contributed by atoms with Gasteiger partial charge in [0.1, 0.15) is 5.56 Å². The molecule has 8 heteroatoms. The maximum atomic E-state index is 12.1. The number of rotatable bonds is 5. The quantitative estimate of drug-likeness (QED) is 0.488. The Morgan fingerprint density at radius 1 is 1.36 bits per heavy atom. The van der Waals surface area contributed by atoms with E-state index in [1.54, 1.807) is 0 Å². The number of halogens is 1. The molecule has 1 fully saturated rings. The van der Waals surface area contributed by atoms with Gasteiger partial charge in [0.05, 0.1) is 4.92 Å². The Kier molecular flexibility index (Phi) is 6.36. The predicted octanol–water partition coefficient (Wildman–Crippen LogP) is 3.35. The maximum Gasteiger partial charge on any atom is 0.345 e. The maximum absolute atomic E-state index is 12.1. The second-order valence-corrected chi connectivity index (χ2v) is 6.87. The van der Waals surface area contributed by atoms with Gasteiger partial charge in [0.25, 0.3) is 11.6 Å². The number of benzene rings is 1. The van der Waals surface area contributed by atoms with Gasteiger partial charge in [-0.05, 0) is 30.4 Å². The van der Waals surface area contributed by atoms with E-state index in [-0.39, 0.29) is 16.6 Å². The van der Waals surface area contributed by atoms with Gasteiger partial charge in [-0.1, -0.05) is 38.3 Å². The lowest BCUT2D eigenvalue weighted by molar-refractivity contribution is -0.385. The molecule has 7 nitrogen and oxygen atoms in total. The van der Waals surface area contributed by atoms with E-state index in [0.717, 1.165) is 31.4 Å². The van der Waals surface area contributed by atoms with Crippen molar-refractivity contribution in [2.45, 2.75) is 39.2 Å². The molecule has 0 aliphatic heterocycles. The van der Waals surface area contributed by atoms with Crippen LogP contribution in [-0.4, -0.2) is 29.4 Å². The number of hydrogen-bond donors (Lipinski definition) is 1.